The molecule has 0 bridgehead atoms. The molecule has 5 nitrogen and oxygen atoms in total. The molecule has 1 amide bonds. The van der Waals surface area contributed by atoms with Gasteiger partial charge in [-0.2, -0.15) is 0 Å². The van der Waals surface area contributed by atoms with Crippen molar-refractivity contribution in [2.75, 3.05) is 26.3 Å². The summed E-state index contributed by atoms with van der Waals surface area (Å²) < 4.78 is 34.5. The summed E-state index contributed by atoms with van der Waals surface area (Å²) in [6.45, 7) is 2.84. The van der Waals surface area contributed by atoms with Crippen molar-refractivity contribution < 1.29 is 18.3 Å². The molecule has 0 radical (unpaired) electrons. The number of halogens is 4. The third kappa shape index (κ3) is 4.27. The summed E-state index contributed by atoms with van der Waals surface area (Å²) in [6.07, 6.45) is 1.51. The zero-order chi connectivity index (χ0) is 22.3. The molecule has 1 aliphatic rings. The maximum absolute atomic E-state index is 13.7. The van der Waals surface area contributed by atoms with E-state index in [1.54, 1.807) is 28.6 Å². The molecule has 0 saturated carbocycles. The smallest absolute Gasteiger partial charge is 0.272 e. The molecule has 1 aromatic carbocycles. The minimum atomic E-state index is -2.98. The summed E-state index contributed by atoms with van der Waals surface area (Å²) in [5.74, 6) is -3.15. The van der Waals surface area contributed by atoms with E-state index in [0.717, 1.165) is 12.6 Å². The van der Waals surface area contributed by atoms with Gasteiger partial charge < -0.3 is 14.2 Å². The second kappa shape index (κ2) is 8.37. The SMILES string of the molecule is Cn1c(Cc2c(Cl)ccc(C(=O)N3CCOCC3)c2Cl)cc2ncc(C(C)(F)F)cc21. The van der Waals surface area contributed by atoms with Crippen LogP contribution in [0.15, 0.2) is 30.5 Å². The number of morpholine rings is 1. The van der Waals surface area contributed by atoms with Crippen molar-refractivity contribution in [3.8, 4) is 0 Å². The van der Waals surface area contributed by atoms with E-state index >= 15 is 0 Å². The van der Waals surface area contributed by atoms with Gasteiger partial charge >= 0.3 is 0 Å². The summed E-state index contributed by atoms with van der Waals surface area (Å²) in [5.41, 5.74) is 2.81. The molecular formula is C22H21Cl2F2N3O2. The minimum Gasteiger partial charge on any atom is -0.378 e. The fourth-order valence-corrected chi connectivity index (χ4v) is 4.29. The van der Waals surface area contributed by atoms with E-state index < -0.39 is 5.92 Å². The van der Waals surface area contributed by atoms with E-state index in [9.17, 15) is 13.6 Å². The lowest BCUT2D eigenvalue weighted by Crippen LogP contribution is -2.40. The Morgan fingerprint density at radius 1 is 1.23 bits per heavy atom. The lowest BCUT2D eigenvalue weighted by molar-refractivity contribution is 0.0172. The third-order valence-corrected chi connectivity index (χ3v) is 6.36. The number of alkyl halides is 2. The largest absolute Gasteiger partial charge is 0.378 e. The van der Waals surface area contributed by atoms with Crippen molar-refractivity contribution in [3.05, 3.63) is 62.9 Å². The average Bonchev–Trinajstić information content (AvgIpc) is 3.05. The highest BCUT2D eigenvalue weighted by Gasteiger charge is 2.26. The Labute approximate surface area is 188 Å². The van der Waals surface area contributed by atoms with Gasteiger partial charge in [-0.15, -0.1) is 0 Å². The monoisotopic (exact) mass is 467 g/mol. The fraction of sp³-hybridized carbons (Fsp3) is 0.364. The second-order valence-electron chi connectivity index (χ2n) is 7.68. The van der Waals surface area contributed by atoms with Crippen LogP contribution in [0.3, 0.4) is 0 Å². The quantitative estimate of drug-likeness (QED) is 0.538. The highest BCUT2D eigenvalue weighted by Crippen LogP contribution is 2.33. The van der Waals surface area contributed by atoms with Gasteiger partial charge in [0.25, 0.3) is 11.8 Å². The van der Waals surface area contributed by atoms with Crippen LogP contribution in [-0.2, 0) is 24.1 Å². The molecule has 3 heterocycles. The Morgan fingerprint density at radius 3 is 2.61 bits per heavy atom. The van der Waals surface area contributed by atoms with Gasteiger partial charge in [-0.1, -0.05) is 23.2 Å². The van der Waals surface area contributed by atoms with Crippen molar-refractivity contribution in [2.45, 2.75) is 19.3 Å². The van der Waals surface area contributed by atoms with E-state index in [0.29, 0.717) is 64.9 Å². The van der Waals surface area contributed by atoms with Crippen LogP contribution in [0.5, 0.6) is 0 Å². The van der Waals surface area contributed by atoms with E-state index in [4.69, 9.17) is 27.9 Å². The number of ether oxygens (including phenoxy) is 1. The van der Waals surface area contributed by atoms with Gasteiger partial charge in [-0.05, 0) is 29.8 Å². The molecule has 1 fully saturated rings. The number of hydrogen-bond acceptors (Lipinski definition) is 3. The highest BCUT2D eigenvalue weighted by molar-refractivity contribution is 6.38. The fourth-order valence-electron chi connectivity index (χ4n) is 3.71. The van der Waals surface area contributed by atoms with Crippen molar-refractivity contribution >= 4 is 40.1 Å². The number of amides is 1. The predicted octanol–water partition coefficient (Wildman–Crippen LogP) is 5.06. The van der Waals surface area contributed by atoms with Gasteiger partial charge in [0.2, 0.25) is 0 Å². The zero-order valence-electron chi connectivity index (χ0n) is 17.1. The van der Waals surface area contributed by atoms with Gasteiger partial charge in [0.05, 0.1) is 34.8 Å². The number of rotatable bonds is 4. The number of pyridine rings is 1. The van der Waals surface area contributed by atoms with Crippen LogP contribution < -0.4 is 0 Å². The number of fused-ring (bicyclic) bond motifs is 1. The van der Waals surface area contributed by atoms with Crippen molar-refractivity contribution in [3.63, 3.8) is 0 Å². The zero-order valence-corrected chi connectivity index (χ0v) is 18.6. The topological polar surface area (TPSA) is 47.4 Å². The van der Waals surface area contributed by atoms with Gasteiger partial charge in [0.15, 0.2) is 0 Å². The van der Waals surface area contributed by atoms with Gasteiger partial charge in [-0.3, -0.25) is 9.78 Å². The summed E-state index contributed by atoms with van der Waals surface area (Å²) in [6, 6.07) is 6.54. The van der Waals surface area contributed by atoms with Crippen LogP contribution in [-0.4, -0.2) is 46.7 Å². The molecule has 31 heavy (non-hydrogen) atoms. The van der Waals surface area contributed by atoms with Crippen molar-refractivity contribution in [1.29, 1.82) is 0 Å². The van der Waals surface area contributed by atoms with Crippen molar-refractivity contribution in [1.82, 2.24) is 14.5 Å². The average molecular weight is 468 g/mol. The number of hydrogen-bond donors (Lipinski definition) is 0. The van der Waals surface area contributed by atoms with E-state index in [-0.39, 0.29) is 11.5 Å². The Hall–Kier alpha value is -2.22. The molecule has 0 N–H and O–H groups in total. The van der Waals surface area contributed by atoms with Crippen LogP contribution in [0.1, 0.15) is 34.1 Å². The molecule has 2 aromatic heterocycles. The maximum Gasteiger partial charge on any atom is 0.272 e. The lowest BCUT2D eigenvalue weighted by atomic mass is 10.0. The molecule has 0 spiro atoms. The third-order valence-electron chi connectivity index (χ3n) is 5.57. The molecule has 164 valence electrons. The summed E-state index contributed by atoms with van der Waals surface area (Å²) >= 11 is 13.1. The molecule has 1 saturated heterocycles. The minimum absolute atomic E-state index is 0.151. The first-order valence-corrected chi connectivity index (χ1v) is 10.6. The van der Waals surface area contributed by atoms with Gasteiger partial charge in [0, 0.05) is 56.0 Å². The van der Waals surface area contributed by atoms with E-state index in [2.05, 4.69) is 4.98 Å². The number of carbonyl (C=O) groups excluding carboxylic acids is 1. The summed E-state index contributed by atoms with van der Waals surface area (Å²) in [5, 5.41) is 0.727. The molecule has 9 heteroatoms. The Balaban J connectivity index is 1.70. The molecule has 0 atom stereocenters. The number of aryl methyl sites for hydroxylation is 1. The predicted molar refractivity (Wildman–Crippen MR) is 116 cm³/mol. The number of aromatic nitrogens is 2. The molecule has 0 unspecified atom stereocenters. The first-order chi connectivity index (χ1) is 14.7. The first kappa shape index (κ1) is 22.0. The van der Waals surface area contributed by atoms with Crippen molar-refractivity contribution in [2.24, 2.45) is 7.05 Å². The first-order valence-electron chi connectivity index (χ1n) is 9.83. The number of benzene rings is 1. The van der Waals surface area contributed by atoms with Gasteiger partial charge in [0.1, 0.15) is 0 Å². The van der Waals surface area contributed by atoms with Crippen LogP contribution in [0.2, 0.25) is 10.0 Å². The molecule has 1 aliphatic heterocycles. The van der Waals surface area contributed by atoms with Crippen LogP contribution in [0, 0.1) is 0 Å². The normalized spacial score (nSPS) is 15.0. The highest BCUT2D eigenvalue weighted by atomic mass is 35.5. The Kier molecular flexibility index (Phi) is 5.94. The number of carbonyl (C=O) groups is 1. The molecule has 3 aromatic rings. The molecule has 4 rings (SSSR count). The maximum atomic E-state index is 13.7. The summed E-state index contributed by atoms with van der Waals surface area (Å²) in [7, 11) is 1.78. The van der Waals surface area contributed by atoms with Crippen LogP contribution in [0.25, 0.3) is 11.0 Å². The van der Waals surface area contributed by atoms with E-state index in [1.807, 2.05) is 6.07 Å². The molecular weight excluding hydrogens is 447 g/mol. The summed E-state index contributed by atoms with van der Waals surface area (Å²) in [4.78, 5) is 18.8. The second-order valence-corrected chi connectivity index (χ2v) is 8.47. The van der Waals surface area contributed by atoms with E-state index in [1.165, 1.54) is 12.3 Å². The Morgan fingerprint density at radius 2 is 1.94 bits per heavy atom. The van der Waals surface area contributed by atoms with Crippen LogP contribution >= 0.6 is 23.2 Å². The Bertz CT molecular complexity index is 1150. The van der Waals surface area contributed by atoms with Crippen LogP contribution in [0.4, 0.5) is 8.78 Å². The number of nitrogens with zero attached hydrogens (tertiary/aromatic N) is 3. The standard InChI is InChI=1S/C22H21Cl2F2N3O2/c1-22(25,26)13-9-19-18(27-12-13)11-14(28(19)2)10-16-17(23)4-3-15(20(16)24)21(30)29-5-7-31-8-6-29/h3-4,9,11-12H,5-8,10H2,1-2H3. The lowest BCUT2D eigenvalue weighted by Gasteiger charge is -2.27. The van der Waals surface area contributed by atoms with Gasteiger partial charge in [-0.25, -0.2) is 8.78 Å². The molecule has 0 aliphatic carbocycles.